The molecule has 0 fully saturated rings. The van der Waals surface area contributed by atoms with E-state index in [2.05, 4.69) is 19.2 Å². The Hall–Kier alpha value is -0.570. The number of nitrogens with one attached hydrogen (secondary N) is 1. The lowest BCUT2D eigenvalue weighted by atomic mass is 10.1. The molecule has 0 heterocycles. The van der Waals surface area contributed by atoms with Crippen molar-refractivity contribution in [3.63, 3.8) is 0 Å². The molecule has 0 aromatic heterocycles. The summed E-state index contributed by atoms with van der Waals surface area (Å²) in [4.78, 5) is 11.4. The maximum absolute atomic E-state index is 11.4. The van der Waals surface area contributed by atoms with E-state index in [0.717, 1.165) is 25.7 Å². The van der Waals surface area contributed by atoms with Gasteiger partial charge in [-0.05, 0) is 19.3 Å². The van der Waals surface area contributed by atoms with Crippen molar-refractivity contribution in [1.82, 2.24) is 5.32 Å². The second-order valence-corrected chi connectivity index (χ2v) is 3.42. The Morgan fingerprint density at radius 1 is 1.31 bits per heavy atom. The summed E-state index contributed by atoms with van der Waals surface area (Å²) in [6.45, 7) is 6.17. The molecule has 1 amide bonds. The summed E-state index contributed by atoms with van der Waals surface area (Å²) in [6, 6.07) is -0.0407. The fraction of sp³-hybridized carbons (Fsp3) is 0.900. The molecule has 0 aliphatic rings. The molecule has 0 aliphatic carbocycles. The molecule has 78 valence electrons. The van der Waals surface area contributed by atoms with Crippen LogP contribution in [0.5, 0.6) is 0 Å². The average Bonchev–Trinajstić information content (AvgIpc) is 2.14. The minimum absolute atomic E-state index is 0.00412. The molecular weight excluding hydrogens is 164 g/mol. The largest absolute Gasteiger partial charge is 0.352 e. The number of nitrogens with two attached hydrogens (primary N) is 1. The summed E-state index contributed by atoms with van der Waals surface area (Å²) in [5.74, 6) is -0.00412. The van der Waals surface area contributed by atoms with Gasteiger partial charge in [-0.1, -0.05) is 27.2 Å². The maximum atomic E-state index is 11.4. The van der Waals surface area contributed by atoms with Crippen molar-refractivity contribution in [2.45, 2.75) is 58.5 Å². The number of hydrogen-bond donors (Lipinski definition) is 2. The van der Waals surface area contributed by atoms with Crippen LogP contribution >= 0.6 is 0 Å². The van der Waals surface area contributed by atoms with E-state index in [-0.39, 0.29) is 18.0 Å². The van der Waals surface area contributed by atoms with Crippen LogP contribution in [0, 0.1) is 0 Å². The van der Waals surface area contributed by atoms with Crippen molar-refractivity contribution < 1.29 is 4.79 Å². The highest BCUT2D eigenvalue weighted by Gasteiger charge is 2.14. The molecule has 0 aromatic carbocycles. The van der Waals surface area contributed by atoms with E-state index in [1.54, 1.807) is 0 Å². The van der Waals surface area contributed by atoms with E-state index in [1.807, 2.05) is 6.92 Å². The van der Waals surface area contributed by atoms with Crippen LogP contribution in [0.3, 0.4) is 0 Å². The van der Waals surface area contributed by atoms with E-state index < -0.39 is 0 Å². The van der Waals surface area contributed by atoms with Crippen molar-refractivity contribution >= 4 is 5.91 Å². The highest BCUT2D eigenvalue weighted by atomic mass is 16.2. The van der Waals surface area contributed by atoms with Gasteiger partial charge in [-0.3, -0.25) is 4.79 Å². The second-order valence-electron chi connectivity index (χ2n) is 3.42. The van der Waals surface area contributed by atoms with E-state index in [4.69, 9.17) is 5.73 Å². The molecule has 3 heteroatoms. The summed E-state index contributed by atoms with van der Waals surface area (Å²) < 4.78 is 0. The van der Waals surface area contributed by atoms with Crippen molar-refractivity contribution in [3.05, 3.63) is 0 Å². The van der Waals surface area contributed by atoms with Gasteiger partial charge >= 0.3 is 0 Å². The van der Waals surface area contributed by atoms with E-state index in [9.17, 15) is 4.79 Å². The number of rotatable bonds is 6. The van der Waals surface area contributed by atoms with Crippen molar-refractivity contribution in [3.8, 4) is 0 Å². The van der Waals surface area contributed by atoms with Crippen LogP contribution < -0.4 is 11.1 Å². The van der Waals surface area contributed by atoms with Gasteiger partial charge in [-0.2, -0.15) is 0 Å². The lowest BCUT2D eigenvalue weighted by molar-refractivity contribution is -0.123. The van der Waals surface area contributed by atoms with Crippen LogP contribution in [0.4, 0.5) is 0 Å². The number of hydrogen-bond acceptors (Lipinski definition) is 2. The fourth-order valence-corrected chi connectivity index (χ4v) is 1.24. The number of carbonyl (C=O) groups excluding carboxylic acids is 1. The maximum Gasteiger partial charge on any atom is 0.237 e. The molecule has 0 aliphatic heterocycles. The monoisotopic (exact) mass is 186 g/mol. The Bertz CT molecular complexity index is 144. The lowest BCUT2D eigenvalue weighted by Crippen LogP contribution is -2.44. The first-order chi connectivity index (χ1) is 6.15. The van der Waals surface area contributed by atoms with E-state index >= 15 is 0 Å². The number of amides is 1. The van der Waals surface area contributed by atoms with E-state index in [1.165, 1.54) is 0 Å². The minimum Gasteiger partial charge on any atom is -0.352 e. The summed E-state index contributed by atoms with van der Waals surface area (Å²) in [5, 5.41) is 2.94. The van der Waals surface area contributed by atoms with E-state index in [0.29, 0.717) is 0 Å². The first-order valence-corrected chi connectivity index (χ1v) is 5.21. The fourth-order valence-electron chi connectivity index (χ4n) is 1.24. The van der Waals surface area contributed by atoms with Crippen LogP contribution in [-0.4, -0.2) is 18.0 Å². The van der Waals surface area contributed by atoms with Crippen LogP contribution in [0.2, 0.25) is 0 Å². The average molecular weight is 186 g/mol. The summed E-state index contributed by atoms with van der Waals surface area (Å²) >= 11 is 0. The Morgan fingerprint density at radius 3 is 2.23 bits per heavy atom. The first kappa shape index (κ1) is 12.4. The minimum atomic E-state index is -0.328. The van der Waals surface area contributed by atoms with Gasteiger partial charge in [0, 0.05) is 6.04 Å². The smallest absolute Gasteiger partial charge is 0.237 e. The van der Waals surface area contributed by atoms with Gasteiger partial charge < -0.3 is 11.1 Å². The van der Waals surface area contributed by atoms with Crippen molar-refractivity contribution in [2.24, 2.45) is 5.73 Å². The van der Waals surface area contributed by atoms with Crippen LogP contribution in [0.1, 0.15) is 46.5 Å². The second kappa shape index (κ2) is 6.89. The third kappa shape index (κ3) is 4.88. The zero-order valence-electron chi connectivity index (χ0n) is 8.97. The van der Waals surface area contributed by atoms with Crippen LogP contribution in [0.15, 0.2) is 0 Å². The third-order valence-corrected chi connectivity index (χ3v) is 2.27. The molecule has 1 unspecified atom stereocenters. The Labute approximate surface area is 81.1 Å². The van der Waals surface area contributed by atoms with Gasteiger partial charge in [-0.15, -0.1) is 0 Å². The molecular formula is C10H22N2O. The van der Waals surface area contributed by atoms with Gasteiger partial charge in [0.05, 0.1) is 6.04 Å². The molecule has 0 aromatic rings. The predicted molar refractivity (Wildman–Crippen MR) is 55.4 cm³/mol. The normalized spacial score (nSPS) is 13.0. The van der Waals surface area contributed by atoms with Crippen molar-refractivity contribution in [2.75, 3.05) is 0 Å². The lowest BCUT2D eigenvalue weighted by Gasteiger charge is -2.17. The Morgan fingerprint density at radius 2 is 1.85 bits per heavy atom. The quantitative estimate of drug-likeness (QED) is 0.659. The zero-order chi connectivity index (χ0) is 10.3. The van der Waals surface area contributed by atoms with Crippen LogP contribution in [0.25, 0.3) is 0 Å². The van der Waals surface area contributed by atoms with Gasteiger partial charge in [-0.25, -0.2) is 0 Å². The van der Waals surface area contributed by atoms with Crippen molar-refractivity contribution in [1.29, 1.82) is 0 Å². The molecule has 0 bridgehead atoms. The van der Waals surface area contributed by atoms with Crippen LogP contribution in [-0.2, 0) is 4.79 Å². The third-order valence-electron chi connectivity index (χ3n) is 2.27. The topological polar surface area (TPSA) is 55.1 Å². The van der Waals surface area contributed by atoms with Gasteiger partial charge in [0.1, 0.15) is 0 Å². The summed E-state index contributed by atoms with van der Waals surface area (Å²) in [7, 11) is 0. The molecule has 0 radical (unpaired) electrons. The molecule has 0 saturated heterocycles. The zero-order valence-corrected chi connectivity index (χ0v) is 8.97. The summed E-state index contributed by atoms with van der Waals surface area (Å²) in [5.41, 5.74) is 5.67. The Kier molecular flexibility index (Phi) is 6.59. The molecule has 3 N–H and O–H groups in total. The highest BCUT2D eigenvalue weighted by Crippen LogP contribution is 1.99. The molecule has 0 saturated carbocycles. The standard InChI is InChI=1S/C10H22N2O/c1-4-7-9(11)10(13)12-8(5-2)6-3/h8-9H,4-7,11H2,1-3H3,(H,12,13). The predicted octanol–water partition coefficient (Wildman–Crippen LogP) is 1.42. The van der Waals surface area contributed by atoms with Gasteiger partial charge in [0.2, 0.25) is 5.91 Å². The Balaban J connectivity index is 3.83. The van der Waals surface area contributed by atoms with Gasteiger partial charge in [0.15, 0.2) is 0 Å². The molecule has 1 atom stereocenters. The molecule has 3 nitrogen and oxygen atoms in total. The highest BCUT2D eigenvalue weighted by molar-refractivity contribution is 5.81. The molecule has 0 rings (SSSR count). The first-order valence-electron chi connectivity index (χ1n) is 5.21. The molecule has 13 heavy (non-hydrogen) atoms. The summed E-state index contributed by atoms with van der Waals surface area (Å²) in [6.07, 6.45) is 3.67. The molecule has 0 spiro atoms. The SMILES string of the molecule is CCCC(N)C(=O)NC(CC)CC. The van der Waals surface area contributed by atoms with Gasteiger partial charge in [0.25, 0.3) is 0 Å². The number of carbonyl (C=O) groups is 1.